The molecule has 0 bridgehead atoms. The molecule has 1 aromatic rings. The van der Waals surface area contributed by atoms with E-state index in [0.29, 0.717) is 19.0 Å². The van der Waals surface area contributed by atoms with Gasteiger partial charge in [0.1, 0.15) is 0 Å². The Bertz CT molecular complexity index is 540. The fourth-order valence-electron chi connectivity index (χ4n) is 3.01. The number of nitrogens with zero attached hydrogens (tertiary/aromatic N) is 3. The zero-order chi connectivity index (χ0) is 16.8. The average Bonchev–Trinajstić information content (AvgIpc) is 2.90. The lowest BCUT2D eigenvalue weighted by Crippen LogP contribution is -2.45. The maximum Gasteiger partial charge on any atom is 0.231 e. The Kier molecular flexibility index (Phi) is 6.15. The number of likely N-dealkylation sites (tertiary alicyclic amines) is 1. The van der Waals surface area contributed by atoms with E-state index in [1.165, 1.54) is 0 Å². The van der Waals surface area contributed by atoms with Crippen LogP contribution < -0.4 is 11.1 Å². The number of aromatic nitrogens is 2. The molecule has 0 saturated carbocycles. The predicted molar refractivity (Wildman–Crippen MR) is 87.3 cm³/mol. The van der Waals surface area contributed by atoms with E-state index in [1.54, 1.807) is 12.5 Å². The normalized spacial score (nSPS) is 19.0. The average molecular weight is 321 g/mol. The summed E-state index contributed by atoms with van der Waals surface area (Å²) in [7, 11) is 0. The lowest BCUT2D eigenvalue weighted by molar-refractivity contribution is -0.128. The van der Waals surface area contributed by atoms with Crippen LogP contribution in [0, 0.1) is 11.8 Å². The molecule has 2 rings (SSSR count). The van der Waals surface area contributed by atoms with Gasteiger partial charge in [0.25, 0.3) is 0 Å². The lowest BCUT2D eigenvalue weighted by Gasteiger charge is -2.31. The summed E-state index contributed by atoms with van der Waals surface area (Å²) in [6.45, 7) is 7.33. The Balaban J connectivity index is 1.85. The lowest BCUT2D eigenvalue weighted by atomic mass is 9.97. The number of nitrogens with two attached hydrogens (primary N) is 1. The van der Waals surface area contributed by atoms with Gasteiger partial charge < -0.3 is 15.6 Å². The highest BCUT2D eigenvalue weighted by molar-refractivity contribution is 5.79. The molecule has 1 atom stereocenters. The van der Waals surface area contributed by atoms with Crippen molar-refractivity contribution in [1.82, 2.24) is 19.8 Å². The van der Waals surface area contributed by atoms with Gasteiger partial charge in [-0.15, -0.1) is 0 Å². The van der Waals surface area contributed by atoms with Crippen LogP contribution in [0.2, 0.25) is 0 Å². The van der Waals surface area contributed by atoms with Crippen molar-refractivity contribution in [2.75, 3.05) is 19.6 Å². The molecule has 1 aromatic heterocycles. The number of carbonyl (C=O) groups excluding carboxylic acids is 2. The van der Waals surface area contributed by atoms with Crippen molar-refractivity contribution in [3.8, 4) is 0 Å². The number of hydrogen-bond acceptors (Lipinski definition) is 4. The van der Waals surface area contributed by atoms with Crippen molar-refractivity contribution in [1.29, 1.82) is 0 Å². The van der Waals surface area contributed by atoms with Gasteiger partial charge in [-0.25, -0.2) is 4.98 Å². The number of carbonyl (C=O) groups is 2. The molecular formula is C16H27N5O2. The minimum absolute atomic E-state index is 0.0384. The second-order valence-corrected chi connectivity index (χ2v) is 6.69. The van der Waals surface area contributed by atoms with E-state index in [9.17, 15) is 9.59 Å². The molecule has 1 aliphatic heterocycles. The molecule has 23 heavy (non-hydrogen) atoms. The molecule has 3 N–H and O–H groups in total. The van der Waals surface area contributed by atoms with Crippen molar-refractivity contribution < 1.29 is 9.59 Å². The van der Waals surface area contributed by atoms with E-state index < -0.39 is 0 Å². The van der Waals surface area contributed by atoms with E-state index in [2.05, 4.69) is 28.7 Å². The van der Waals surface area contributed by atoms with Crippen LogP contribution in [0.5, 0.6) is 0 Å². The second-order valence-electron chi connectivity index (χ2n) is 6.69. The summed E-state index contributed by atoms with van der Waals surface area (Å²) in [5.41, 5.74) is 6.24. The van der Waals surface area contributed by atoms with Crippen molar-refractivity contribution in [2.45, 2.75) is 39.8 Å². The summed E-state index contributed by atoms with van der Waals surface area (Å²) in [4.78, 5) is 29.5. The number of imidazole rings is 1. The predicted octanol–water partition coefficient (Wildman–Crippen LogP) is 0.353. The molecule has 1 saturated heterocycles. The van der Waals surface area contributed by atoms with E-state index in [-0.39, 0.29) is 24.3 Å². The quantitative estimate of drug-likeness (QED) is 0.758. The van der Waals surface area contributed by atoms with E-state index in [0.717, 1.165) is 31.6 Å². The third-order valence-corrected chi connectivity index (χ3v) is 4.06. The molecular weight excluding hydrogens is 294 g/mol. The molecule has 2 amide bonds. The van der Waals surface area contributed by atoms with Crippen LogP contribution in [0.4, 0.5) is 0 Å². The maximum atomic E-state index is 12.4. The summed E-state index contributed by atoms with van der Waals surface area (Å²) in [5, 5.41) is 3.00. The fourth-order valence-corrected chi connectivity index (χ4v) is 3.01. The first kappa shape index (κ1) is 17.5. The molecule has 2 heterocycles. The molecule has 0 aromatic carbocycles. The van der Waals surface area contributed by atoms with Gasteiger partial charge in [0.05, 0.1) is 31.0 Å². The largest absolute Gasteiger partial charge is 0.369 e. The topological polar surface area (TPSA) is 93.2 Å². The van der Waals surface area contributed by atoms with E-state index in [4.69, 9.17) is 5.73 Å². The minimum Gasteiger partial charge on any atom is -0.369 e. The summed E-state index contributed by atoms with van der Waals surface area (Å²) >= 11 is 0. The number of rotatable bonds is 7. The van der Waals surface area contributed by atoms with Gasteiger partial charge in [0.15, 0.2) is 0 Å². The number of piperidine rings is 1. The van der Waals surface area contributed by atoms with Gasteiger partial charge in [-0.05, 0) is 25.3 Å². The van der Waals surface area contributed by atoms with Crippen LogP contribution in [0.15, 0.2) is 12.5 Å². The van der Waals surface area contributed by atoms with Crippen molar-refractivity contribution >= 4 is 11.8 Å². The highest BCUT2D eigenvalue weighted by atomic mass is 16.2. The third-order valence-electron chi connectivity index (χ3n) is 4.06. The highest BCUT2D eigenvalue weighted by Crippen LogP contribution is 2.16. The zero-order valence-electron chi connectivity index (χ0n) is 14.0. The highest BCUT2D eigenvalue weighted by Gasteiger charge is 2.26. The Morgan fingerprint density at radius 3 is 2.96 bits per heavy atom. The monoisotopic (exact) mass is 321 g/mol. The summed E-state index contributed by atoms with van der Waals surface area (Å²) in [6.07, 6.45) is 5.36. The molecule has 1 aliphatic rings. The maximum absolute atomic E-state index is 12.4. The molecule has 0 spiro atoms. The molecule has 128 valence electrons. The Labute approximate surface area is 137 Å². The Morgan fingerprint density at radius 1 is 1.48 bits per heavy atom. The Hall–Kier alpha value is -1.89. The number of nitrogens with one attached hydrogen (secondary N) is 1. The molecule has 1 unspecified atom stereocenters. The Morgan fingerprint density at radius 2 is 2.26 bits per heavy atom. The van der Waals surface area contributed by atoms with Crippen LogP contribution in [-0.4, -0.2) is 45.9 Å². The number of hydrogen-bond donors (Lipinski definition) is 2. The number of primary amides is 1. The molecule has 0 radical (unpaired) electrons. The number of amides is 2. The second kappa shape index (κ2) is 8.10. The third kappa shape index (κ3) is 5.35. The zero-order valence-corrected chi connectivity index (χ0v) is 14.0. The summed E-state index contributed by atoms with van der Waals surface area (Å²) in [6, 6.07) is 0. The van der Waals surface area contributed by atoms with Gasteiger partial charge in [0, 0.05) is 19.3 Å². The SMILES string of the molecule is CC(C)Cn1cncc1CNC(=O)C1CCCN(CC(N)=O)C1. The van der Waals surface area contributed by atoms with E-state index >= 15 is 0 Å². The molecule has 1 fully saturated rings. The first-order valence-corrected chi connectivity index (χ1v) is 8.23. The van der Waals surface area contributed by atoms with Gasteiger partial charge in [-0.1, -0.05) is 13.8 Å². The van der Waals surface area contributed by atoms with Gasteiger partial charge in [0.2, 0.25) is 11.8 Å². The van der Waals surface area contributed by atoms with Crippen LogP contribution in [-0.2, 0) is 22.7 Å². The smallest absolute Gasteiger partial charge is 0.231 e. The minimum atomic E-state index is -0.344. The van der Waals surface area contributed by atoms with Crippen molar-refractivity contribution in [2.24, 2.45) is 17.6 Å². The van der Waals surface area contributed by atoms with Gasteiger partial charge in [-0.3, -0.25) is 14.5 Å². The molecule has 0 aliphatic carbocycles. The molecule has 7 heteroatoms. The first-order valence-electron chi connectivity index (χ1n) is 8.23. The van der Waals surface area contributed by atoms with Crippen LogP contribution >= 0.6 is 0 Å². The fraction of sp³-hybridized carbons (Fsp3) is 0.688. The van der Waals surface area contributed by atoms with Gasteiger partial charge in [-0.2, -0.15) is 0 Å². The molecule has 7 nitrogen and oxygen atoms in total. The van der Waals surface area contributed by atoms with Crippen LogP contribution in [0.3, 0.4) is 0 Å². The van der Waals surface area contributed by atoms with Crippen molar-refractivity contribution in [3.05, 3.63) is 18.2 Å². The summed E-state index contributed by atoms with van der Waals surface area (Å²) in [5.74, 6) is 0.143. The summed E-state index contributed by atoms with van der Waals surface area (Å²) < 4.78 is 2.07. The first-order chi connectivity index (χ1) is 11.0. The van der Waals surface area contributed by atoms with E-state index in [1.807, 2.05) is 4.90 Å². The van der Waals surface area contributed by atoms with Crippen molar-refractivity contribution in [3.63, 3.8) is 0 Å². The van der Waals surface area contributed by atoms with Crippen LogP contribution in [0.25, 0.3) is 0 Å². The van der Waals surface area contributed by atoms with Crippen LogP contribution in [0.1, 0.15) is 32.4 Å². The standard InChI is InChI=1S/C16H27N5O2/c1-12(2)8-21-11-18-6-14(21)7-19-16(23)13-4-3-5-20(9-13)10-15(17)22/h6,11-13H,3-5,7-10H2,1-2H3,(H2,17,22)(H,19,23). The van der Waals surface area contributed by atoms with Gasteiger partial charge >= 0.3 is 0 Å².